The van der Waals surface area contributed by atoms with Gasteiger partial charge in [0.05, 0.1) is 5.52 Å². The summed E-state index contributed by atoms with van der Waals surface area (Å²) in [6.07, 6.45) is 0.742. The summed E-state index contributed by atoms with van der Waals surface area (Å²) >= 11 is 5.90. The minimum absolute atomic E-state index is 0.193. The number of nitrogens with zero attached hydrogens (tertiary/aromatic N) is 2. The van der Waals surface area contributed by atoms with Crippen molar-refractivity contribution in [3.63, 3.8) is 0 Å². The van der Waals surface area contributed by atoms with Gasteiger partial charge in [0.25, 0.3) is 0 Å². The maximum atomic E-state index is 5.98. The maximum absolute atomic E-state index is 5.98. The number of fused-ring (bicyclic) bond motifs is 1. The number of hydrogen-bond acceptors (Lipinski definition) is 4. The van der Waals surface area contributed by atoms with Gasteiger partial charge in [0.2, 0.25) is 5.95 Å². The highest BCUT2D eigenvalue weighted by Gasteiger charge is 2.08. The molecule has 0 bridgehead atoms. The summed E-state index contributed by atoms with van der Waals surface area (Å²) in [5.41, 5.74) is 14.6. The van der Waals surface area contributed by atoms with Gasteiger partial charge in [-0.05, 0) is 35.7 Å². The van der Waals surface area contributed by atoms with Crippen molar-refractivity contribution in [1.29, 1.82) is 0 Å². The summed E-state index contributed by atoms with van der Waals surface area (Å²) in [5.74, 6) is 0.607. The van der Waals surface area contributed by atoms with Crippen LogP contribution in [-0.4, -0.2) is 9.97 Å². The van der Waals surface area contributed by atoms with E-state index in [9.17, 15) is 0 Å². The molecule has 4 nitrogen and oxygen atoms in total. The van der Waals surface area contributed by atoms with Crippen molar-refractivity contribution in [3.8, 4) is 0 Å². The van der Waals surface area contributed by atoms with Gasteiger partial charge < -0.3 is 11.5 Å². The molecule has 0 unspecified atom stereocenters. The molecule has 0 saturated carbocycles. The molecule has 0 radical (unpaired) electrons. The number of nitrogen functional groups attached to an aromatic ring is 2. The highest BCUT2D eigenvalue weighted by molar-refractivity contribution is 6.30. The van der Waals surface area contributed by atoms with Crippen LogP contribution in [0.1, 0.15) is 11.1 Å². The number of rotatable bonds is 2. The van der Waals surface area contributed by atoms with Crippen LogP contribution in [0.15, 0.2) is 42.5 Å². The van der Waals surface area contributed by atoms with Gasteiger partial charge in [-0.2, -0.15) is 4.98 Å². The number of hydrogen-bond donors (Lipinski definition) is 2. The number of aromatic nitrogens is 2. The van der Waals surface area contributed by atoms with Crippen LogP contribution >= 0.6 is 11.6 Å². The topological polar surface area (TPSA) is 77.8 Å². The van der Waals surface area contributed by atoms with Crippen LogP contribution in [0.3, 0.4) is 0 Å². The summed E-state index contributed by atoms with van der Waals surface area (Å²) in [6.45, 7) is 0. The van der Waals surface area contributed by atoms with E-state index in [1.165, 1.54) is 0 Å². The lowest BCUT2D eigenvalue weighted by Crippen LogP contribution is -2.02. The molecule has 1 aromatic heterocycles. The lowest BCUT2D eigenvalue weighted by Gasteiger charge is -2.09. The summed E-state index contributed by atoms with van der Waals surface area (Å²) < 4.78 is 0. The van der Waals surface area contributed by atoms with Crippen LogP contribution in [0.5, 0.6) is 0 Å². The van der Waals surface area contributed by atoms with Crippen LogP contribution in [-0.2, 0) is 6.42 Å². The monoisotopic (exact) mass is 284 g/mol. The molecule has 0 saturated heterocycles. The summed E-state index contributed by atoms with van der Waals surface area (Å²) in [7, 11) is 0. The van der Waals surface area contributed by atoms with Crippen molar-refractivity contribution in [2.45, 2.75) is 6.42 Å². The third kappa shape index (κ3) is 2.38. The first-order valence-corrected chi connectivity index (χ1v) is 6.56. The molecule has 0 atom stereocenters. The fourth-order valence-electron chi connectivity index (χ4n) is 2.27. The normalized spacial score (nSPS) is 10.8. The Morgan fingerprint density at radius 2 is 1.70 bits per heavy atom. The Morgan fingerprint density at radius 1 is 0.950 bits per heavy atom. The van der Waals surface area contributed by atoms with Gasteiger partial charge in [0.1, 0.15) is 5.82 Å². The van der Waals surface area contributed by atoms with Crippen molar-refractivity contribution >= 4 is 34.3 Å². The first-order chi connectivity index (χ1) is 9.63. The van der Waals surface area contributed by atoms with Gasteiger partial charge in [-0.25, -0.2) is 4.98 Å². The molecule has 0 fully saturated rings. The van der Waals surface area contributed by atoms with E-state index in [2.05, 4.69) is 9.97 Å². The lowest BCUT2D eigenvalue weighted by molar-refractivity contribution is 1.19. The van der Waals surface area contributed by atoms with Gasteiger partial charge in [-0.15, -0.1) is 0 Å². The summed E-state index contributed by atoms with van der Waals surface area (Å²) in [4.78, 5) is 8.26. The van der Waals surface area contributed by atoms with Gasteiger partial charge >= 0.3 is 0 Å². The molecule has 0 aliphatic carbocycles. The van der Waals surface area contributed by atoms with E-state index in [1.54, 1.807) is 0 Å². The van der Waals surface area contributed by atoms with Gasteiger partial charge in [-0.3, -0.25) is 0 Å². The van der Waals surface area contributed by atoms with E-state index in [1.807, 2.05) is 42.5 Å². The zero-order chi connectivity index (χ0) is 14.1. The lowest BCUT2D eigenvalue weighted by atomic mass is 10.0. The van der Waals surface area contributed by atoms with Crippen LogP contribution < -0.4 is 11.5 Å². The zero-order valence-corrected chi connectivity index (χ0v) is 11.4. The van der Waals surface area contributed by atoms with Crippen molar-refractivity contribution in [2.24, 2.45) is 0 Å². The molecule has 5 heteroatoms. The molecule has 4 N–H and O–H groups in total. The SMILES string of the molecule is Nc1nc(N)c2c(Cc3ccc(Cl)cc3)cccc2n1. The first-order valence-electron chi connectivity index (χ1n) is 6.18. The number of benzene rings is 2. The molecule has 0 aliphatic heterocycles. The second-order valence-corrected chi connectivity index (χ2v) is 5.02. The Hall–Kier alpha value is -2.33. The smallest absolute Gasteiger partial charge is 0.222 e. The third-order valence-electron chi connectivity index (χ3n) is 3.16. The molecule has 2 aromatic carbocycles. The fourth-order valence-corrected chi connectivity index (χ4v) is 2.40. The molecular weight excluding hydrogens is 272 g/mol. The van der Waals surface area contributed by atoms with E-state index in [4.69, 9.17) is 23.1 Å². The van der Waals surface area contributed by atoms with Gasteiger partial charge in [0, 0.05) is 10.4 Å². The summed E-state index contributed by atoms with van der Waals surface area (Å²) in [6, 6.07) is 13.6. The predicted molar refractivity (Wildman–Crippen MR) is 82.6 cm³/mol. The quantitative estimate of drug-likeness (QED) is 0.758. The zero-order valence-electron chi connectivity index (χ0n) is 10.7. The average molecular weight is 285 g/mol. The second kappa shape index (κ2) is 4.98. The van der Waals surface area contributed by atoms with E-state index in [-0.39, 0.29) is 5.95 Å². The number of anilines is 2. The van der Waals surface area contributed by atoms with E-state index in [0.29, 0.717) is 5.82 Å². The molecule has 1 heterocycles. The molecule has 0 spiro atoms. The third-order valence-corrected chi connectivity index (χ3v) is 3.41. The summed E-state index contributed by atoms with van der Waals surface area (Å²) in [5, 5.41) is 1.58. The number of nitrogens with two attached hydrogens (primary N) is 2. The van der Waals surface area contributed by atoms with Crippen molar-refractivity contribution in [2.75, 3.05) is 11.5 Å². The second-order valence-electron chi connectivity index (χ2n) is 4.58. The first kappa shape index (κ1) is 12.7. The van der Waals surface area contributed by atoms with Crippen LogP contribution in [0.25, 0.3) is 10.9 Å². The van der Waals surface area contributed by atoms with Crippen molar-refractivity contribution in [3.05, 3.63) is 58.6 Å². The highest BCUT2D eigenvalue weighted by Crippen LogP contribution is 2.25. The highest BCUT2D eigenvalue weighted by atomic mass is 35.5. The van der Waals surface area contributed by atoms with Crippen molar-refractivity contribution in [1.82, 2.24) is 9.97 Å². The van der Waals surface area contributed by atoms with Gasteiger partial charge in [-0.1, -0.05) is 35.9 Å². The largest absolute Gasteiger partial charge is 0.383 e. The van der Waals surface area contributed by atoms with Crippen LogP contribution in [0, 0.1) is 0 Å². The molecule has 100 valence electrons. The predicted octanol–water partition coefficient (Wildman–Crippen LogP) is 3.04. The maximum Gasteiger partial charge on any atom is 0.222 e. The van der Waals surface area contributed by atoms with E-state index in [0.717, 1.165) is 33.5 Å². The molecular formula is C15H13ClN4. The van der Waals surface area contributed by atoms with E-state index < -0.39 is 0 Å². The minimum atomic E-state index is 0.193. The fraction of sp³-hybridized carbons (Fsp3) is 0.0667. The van der Waals surface area contributed by atoms with Crippen LogP contribution in [0.2, 0.25) is 5.02 Å². The molecule has 3 rings (SSSR count). The Kier molecular flexibility index (Phi) is 3.16. The molecule has 3 aromatic rings. The van der Waals surface area contributed by atoms with Gasteiger partial charge in [0.15, 0.2) is 0 Å². The Labute approximate surface area is 121 Å². The van der Waals surface area contributed by atoms with E-state index >= 15 is 0 Å². The Bertz CT molecular complexity index is 769. The molecule has 0 aliphatic rings. The minimum Gasteiger partial charge on any atom is -0.383 e. The molecule has 0 amide bonds. The Balaban J connectivity index is 2.09. The van der Waals surface area contributed by atoms with Crippen molar-refractivity contribution < 1.29 is 0 Å². The van der Waals surface area contributed by atoms with Crippen LogP contribution in [0.4, 0.5) is 11.8 Å². The number of halogens is 1. The Morgan fingerprint density at radius 3 is 2.45 bits per heavy atom. The average Bonchev–Trinajstić information content (AvgIpc) is 2.41. The standard InChI is InChI=1S/C15H13ClN4/c16-11-6-4-9(5-7-11)8-10-2-1-3-12-13(10)14(17)20-15(18)19-12/h1-7H,8H2,(H4,17,18,19,20). The molecule has 20 heavy (non-hydrogen) atoms.